The lowest BCUT2D eigenvalue weighted by molar-refractivity contribution is 0.590. The van der Waals surface area contributed by atoms with Gasteiger partial charge < -0.3 is 19.3 Å². The number of fused-ring (bicyclic) bond motifs is 10. The first-order valence-corrected chi connectivity index (χ1v) is 21.0. The van der Waals surface area contributed by atoms with Crippen LogP contribution in [0.4, 0.5) is 51.2 Å². The Balaban J connectivity index is 1.33. The molecule has 5 nitrogen and oxygen atoms in total. The largest absolute Gasteiger partial charge is 0.311 e. The van der Waals surface area contributed by atoms with E-state index < -0.39 is 310 Å². The van der Waals surface area contributed by atoms with E-state index in [9.17, 15) is 39.5 Å². The lowest BCUT2D eigenvalue weighted by atomic mass is 9.33. The molecule has 3 aliphatic heterocycles. The van der Waals surface area contributed by atoms with Crippen LogP contribution in [-0.4, -0.2) is 11.3 Å². The van der Waals surface area contributed by atoms with Gasteiger partial charge in [0.05, 0.1) is 80.9 Å². The van der Waals surface area contributed by atoms with Gasteiger partial charge in [-0.3, -0.25) is 0 Å². The van der Waals surface area contributed by atoms with Gasteiger partial charge in [0.1, 0.15) is 0 Å². The van der Waals surface area contributed by atoms with Crippen molar-refractivity contribution in [1.29, 1.82) is 5.26 Å². The fourth-order valence-corrected chi connectivity index (χ4v) is 8.94. The molecule has 9 aromatic carbocycles. The van der Waals surface area contributed by atoms with Gasteiger partial charge >= 0.3 is 0 Å². The number of anilines is 9. The van der Waals surface area contributed by atoms with Crippen molar-refractivity contribution in [2.75, 3.05) is 14.7 Å². The highest BCUT2D eigenvalue weighted by Gasteiger charge is 2.46. The molecule has 0 bridgehead atoms. The molecule has 6 heteroatoms. The molecule has 3 aliphatic rings. The summed E-state index contributed by atoms with van der Waals surface area (Å²) in [5.74, 6) is 0. The number of rotatable bonds is 4. The number of hydrogen-bond donors (Lipinski definition) is 0. The fourth-order valence-electron chi connectivity index (χ4n) is 8.94. The predicted molar refractivity (Wildman–Crippen MR) is 283 cm³/mol. The Bertz CT molecular complexity index is 5410. The normalized spacial score (nSPS) is 19.7. The summed E-state index contributed by atoms with van der Waals surface area (Å²) in [7, 11) is 0. The van der Waals surface area contributed by atoms with E-state index in [1.165, 1.54) is 0 Å². The van der Waals surface area contributed by atoms with Gasteiger partial charge in [0.2, 0.25) is 0 Å². The zero-order chi connectivity index (χ0) is 71.6. The zero-order valence-electron chi connectivity index (χ0n) is 66.3. The van der Waals surface area contributed by atoms with Crippen LogP contribution < -0.4 is 31.1 Å². The predicted octanol–water partition coefficient (Wildman–Crippen LogP) is 14.3. The Labute approximate surface area is 434 Å². The maximum absolute atomic E-state index is 11.4. The first-order chi connectivity index (χ1) is 45.0. The van der Waals surface area contributed by atoms with Crippen molar-refractivity contribution in [3.63, 3.8) is 0 Å². The lowest BCUT2D eigenvalue weighted by Gasteiger charge is -2.46. The minimum absolute atomic E-state index is 0.172. The van der Waals surface area contributed by atoms with Crippen molar-refractivity contribution in [1.82, 2.24) is 4.57 Å². The molecule has 1 aromatic heterocycles. The van der Waals surface area contributed by atoms with Crippen molar-refractivity contribution in [3.05, 3.63) is 198 Å². The Kier molecular flexibility index (Phi) is 4.07. The molecular weight excluding hydrogens is 814 g/mol. The first kappa shape index (κ1) is 19.5. The number of benzene rings is 9. The molecule has 10 aromatic rings. The van der Waals surface area contributed by atoms with E-state index in [1.54, 1.807) is 41.5 Å². The highest BCUT2D eigenvalue weighted by Crippen LogP contribution is 2.53. The Hall–Kier alpha value is -8.01. The smallest absolute Gasteiger partial charge is 0.252 e. The summed E-state index contributed by atoms with van der Waals surface area (Å²) in [5.41, 5.74) is -14.2. The molecule has 0 amide bonds. The molecule has 320 valence electrons. The molecule has 4 heterocycles. The second-order valence-electron chi connectivity index (χ2n) is 18.2. The van der Waals surface area contributed by atoms with Crippen molar-refractivity contribution in [2.24, 2.45) is 0 Å². The van der Waals surface area contributed by atoms with E-state index in [2.05, 4.69) is 0 Å². The Morgan fingerprint density at radius 3 is 1.82 bits per heavy atom. The Morgan fingerprint density at radius 1 is 0.507 bits per heavy atom. The number of nitriles is 1. The maximum atomic E-state index is 11.4. The van der Waals surface area contributed by atoms with E-state index in [0.717, 1.165) is 9.47 Å². The Morgan fingerprint density at radius 2 is 1.12 bits per heavy atom. The highest BCUT2D eigenvalue weighted by atomic mass is 15.2. The zero-order valence-corrected chi connectivity index (χ0v) is 36.3. The van der Waals surface area contributed by atoms with Gasteiger partial charge in [-0.25, -0.2) is 0 Å². The summed E-state index contributed by atoms with van der Waals surface area (Å²) in [5, 5.41) is 9.14. The van der Waals surface area contributed by atoms with Crippen molar-refractivity contribution < 1.29 is 41.1 Å². The molecule has 0 saturated heterocycles. The fraction of sp³-hybridized carbons (Fsp3) is 0.131. The number of nitrogens with zero attached hydrogens (tertiary/aromatic N) is 5. The van der Waals surface area contributed by atoms with Gasteiger partial charge in [-0.05, 0) is 128 Å². The van der Waals surface area contributed by atoms with Gasteiger partial charge in [0, 0.05) is 50.6 Å². The van der Waals surface area contributed by atoms with Crippen LogP contribution in [0.5, 0.6) is 0 Å². The monoisotopic (exact) mass is 892 g/mol. The third-order valence-electron chi connectivity index (χ3n) is 12.0. The third kappa shape index (κ3) is 5.74. The number of hydrogen-bond acceptors (Lipinski definition) is 4. The van der Waals surface area contributed by atoms with Crippen molar-refractivity contribution >= 4 is 107 Å². The first-order valence-electron chi connectivity index (χ1n) is 36.0. The molecule has 0 saturated carbocycles. The van der Waals surface area contributed by atoms with E-state index in [4.69, 9.17) is 6.85 Å². The molecule has 13 rings (SSSR count). The molecule has 67 heavy (non-hydrogen) atoms. The van der Waals surface area contributed by atoms with E-state index in [-0.39, 0.29) is 11.1 Å². The van der Waals surface area contributed by atoms with Crippen molar-refractivity contribution in [2.45, 2.75) is 52.4 Å². The third-order valence-corrected chi connectivity index (χ3v) is 12.0. The number of aromatic nitrogens is 1. The molecule has 0 aliphatic carbocycles. The molecular formula is C61H48BN5. The second-order valence-corrected chi connectivity index (χ2v) is 18.2. The summed E-state index contributed by atoms with van der Waals surface area (Å²) >= 11 is 0. The summed E-state index contributed by atoms with van der Waals surface area (Å²) < 4.78 is 290. The highest BCUT2D eigenvalue weighted by molar-refractivity contribution is 7.00. The topological polar surface area (TPSA) is 38.4 Å². The van der Waals surface area contributed by atoms with Crippen LogP contribution in [0.1, 0.15) is 99.4 Å². The minimum atomic E-state index is -2.14. The summed E-state index contributed by atoms with van der Waals surface area (Å²) in [6.45, 7) is 7.37. The van der Waals surface area contributed by atoms with Gasteiger partial charge in [0.25, 0.3) is 6.71 Å². The molecule has 0 unspecified atom stereocenters. The van der Waals surface area contributed by atoms with Crippen LogP contribution in [0, 0.1) is 11.3 Å². The van der Waals surface area contributed by atoms with Gasteiger partial charge in [-0.2, -0.15) is 5.26 Å². The maximum Gasteiger partial charge on any atom is 0.252 e. The summed E-state index contributed by atoms with van der Waals surface area (Å²) in [6.07, 6.45) is 0. The second kappa shape index (κ2) is 14.0. The van der Waals surface area contributed by atoms with Crippen LogP contribution in [-0.2, 0) is 10.8 Å². The van der Waals surface area contributed by atoms with Crippen LogP contribution >= 0.6 is 0 Å². The standard InChI is InChI=1S/C61H48BN5/c1-60(2,3)41-22-27-43(28-23-41)64(44-29-24-42(25-30-44)61(4,5)6)46-31-32-49-54(36-46)65(45-26-21-39-13-7-8-14-40(39)35-45)55-33-38(37-63)34-56-57(55)62(49)50-17-12-20-53-59(50)67(56)52-19-11-16-48-47-15-9-10-18-51(47)66(53)58(48)52/h7-36H,1-6H3/i7D,8D,9D,10D,11D,12D,13D,14D,15D,16D,17D,18D,19D,20D,21D,22D,23D,24D,25D,26D,27D,28D,29D,30D,31D,32D,33D,34D,35D,36D. The molecule has 0 radical (unpaired) electrons. The summed E-state index contributed by atoms with van der Waals surface area (Å²) in [4.78, 5) is 2.25. The van der Waals surface area contributed by atoms with Crippen LogP contribution in [0.2, 0.25) is 0 Å². The van der Waals surface area contributed by atoms with Crippen LogP contribution in [0.15, 0.2) is 181 Å². The molecule has 0 atom stereocenters. The molecule has 0 spiro atoms. The van der Waals surface area contributed by atoms with E-state index in [1.807, 2.05) is 6.07 Å². The summed E-state index contributed by atoms with van der Waals surface area (Å²) in [6, 6.07) is -25.9. The van der Waals surface area contributed by atoms with Gasteiger partial charge in [-0.1, -0.05) is 144 Å². The quantitative estimate of drug-likeness (QED) is 0.165. The molecule has 0 fully saturated rings. The average Bonchev–Trinajstić information content (AvgIpc) is 1.65. The average molecular weight is 892 g/mol. The van der Waals surface area contributed by atoms with Crippen LogP contribution in [0.25, 0.3) is 38.3 Å². The van der Waals surface area contributed by atoms with Gasteiger partial charge in [0.15, 0.2) is 0 Å². The van der Waals surface area contributed by atoms with Crippen LogP contribution in [0.3, 0.4) is 0 Å². The minimum Gasteiger partial charge on any atom is -0.311 e. The lowest BCUT2D eigenvalue weighted by Crippen LogP contribution is -2.61. The van der Waals surface area contributed by atoms with Crippen molar-refractivity contribution in [3.8, 4) is 11.8 Å². The molecule has 0 N–H and O–H groups in total. The SMILES string of the molecule is [2H]c1c([2H])c2c3c(c1[2H])-n1c4c([2H])c([2H])c([2H])c([2H])c4c4c([2H])c([2H])c([2H])c(c41)N3c1c([2H])c(C#N)c([2H])c3c1B2c1c([2H])c([2H])c(N(c2c([2H])c([2H])c(C(C)(C)C)c([2H])c2[2H])c2c([2H])c([2H])c(C(C)(C)C)c([2H])c2[2H])c([2H])c1N3c1c([2H])c([2H])c2c([2H])c([2H])c([2H])c([2H])c2c1[2H]. The van der Waals surface area contributed by atoms with E-state index in [0.29, 0.717) is 9.80 Å². The van der Waals surface area contributed by atoms with E-state index >= 15 is 0 Å². The number of para-hydroxylation sites is 3. The van der Waals surface area contributed by atoms with Gasteiger partial charge in [-0.15, -0.1) is 0 Å².